The first-order chi connectivity index (χ1) is 5.22. The van der Waals surface area contributed by atoms with E-state index in [0.717, 1.165) is 10.5 Å². The van der Waals surface area contributed by atoms with Crippen molar-refractivity contribution in [3.63, 3.8) is 0 Å². The molecule has 0 fully saturated rings. The maximum absolute atomic E-state index is 11.7. The first-order valence-corrected chi connectivity index (χ1v) is 4.27. The highest BCUT2D eigenvalue weighted by Crippen LogP contribution is 2.31. The zero-order valence-corrected chi connectivity index (χ0v) is 8.80. The van der Waals surface area contributed by atoms with Gasteiger partial charge in [-0.15, -0.1) is 0 Å². The van der Waals surface area contributed by atoms with Crippen molar-refractivity contribution >= 4 is 5.71 Å². The van der Waals surface area contributed by atoms with Gasteiger partial charge in [0.15, 0.2) is 5.71 Å². The van der Waals surface area contributed by atoms with Crippen molar-refractivity contribution in [2.45, 2.75) is 45.8 Å². The summed E-state index contributed by atoms with van der Waals surface area (Å²) < 4.78 is 1.10. The Hall–Kier alpha value is -0.570. The lowest BCUT2D eigenvalue weighted by Gasteiger charge is -2.32. The molecule has 0 amide bonds. The van der Waals surface area contributed by atoms with Gasteiger partial charge in [0.1, 0.15) is 5.54 Å². The van der Waals surface area contributed by atoms with Gasteiger partial charge in [0.05, 0.1) is 0 Å². The average Bonchev–Trinajstić information content (AvgIpc) is 2.06. The van der Waals surface area contributed by atoms with E-state index in [9.17, 15) is 5.21 Å². The highest BCUT2D eigenvalue weighted by Gasteiger charge is 2.52. The standard InChI is InChI=1S/C9H18N2O/c1-7-8(2,3)10(6)9(4,5)11(7)12/h1-6H3. The summed E-state index contributed by atoms with van der Waals surface area (Å²) in [5.41, 5.74) is 0.355. The van der Waals surface area contributed by atoms with E-state index >= 15 is 0 Å². The van der Waals surface area contributed by atoms with E-state index in [1.807, 2.05) is 27.8 Å². The molecule has 70 valence electrons. The van der Waals surface area contributed by atoms with Crippen LogP contribution >= 0.6 is 0 Å². The van der Waals surface area contributed by atoms with Crippen LogP contribution in [-0.4, -0.2) is 33.6 Å². The van der Waals surface area contributed by atoms with Gasteiger partial charge in [-0.05, 0) is 20.9 Å². The Kier molecular flexibility index (Phi) is 1.76. The second kappa shape index (κ2) is 2.22. The molecule has 1 rings (SSSR count). The maximum atomic E-state index is 11.7. The lowest BCUT2D eigenvalue weighted by Crippen LogP contribution is -2.50. The normalized spacial score (nSPS) is 28.2. The van der Waals surface area contributed by atoms with Crippen molar-refractivity contribution in [2.24, 2.45) is 0 Å². The van der Waals surface area contributed by atoms with Crippen molar-refractivity contribution in [1.82, 2.24) is 4.90 Å². The fourth-order valence-corrected chi connectivity index (χ4v) is 1.72. The van der Waals surface area contributed by atoms with E-state index < -0.39 is 5.66 Å². The predicted molar refractivity (Wildman–Crippen MR) is 50.2 cm³/mol. The first-order valence-electron chi connectivity index (χ1n) is 4.27. The van der Waals surface area contributed by atoms with Crippen LogP contribution in [0.15, 0.2) is 0 Å². The van der Waals surface area contributed by atoms with Crippen LogP contribution < -0.4 is 0 Å². The first kappa shape index (κ1) is 9.52. The van der Waals surface area contributed by atoms with Gasteiger partial charge in [-0.3, -0.25) is 0 Å². The van der Waals surface area contributed by atoms with Gasteiger partial charge in [-0.2, -0.15) is 4.74 Å². The van der Waals surface area contributed by atoms with Gasteiger partial charge in [0.2, 0.25) is 5.66 Å². The molecule has 0 N–H and O–H groups in total. The summed E-state index contributed by atoms with van der Waals surface area (Å²) in [7, 11) is 1.99. The molecule has 0 unspecified atom stereocenters. The Labute approximate surface area is 74.3 Å². The molecular formula is C9H18N2O. The Morgan fingerprint density at radius 3 is 1.75 bits per heavy atom. The number of rotatable bonds is 0. The van der Waals surface area contributed by atoms with Crippen molar-refractivity contribution in [1.29, 1.82) is 0 Å². The topological polar surface area (TPSA) is 29.3 Å². The fourth-order valence-electron chi connectivity index (χ4n) is 1.72. The molecule has 0 bridgehead atoms. The molecule has 0 aromatic carbocycles. The highest BCUT2D eigenvalue weighted by molar-refractivity contribution is 5.87. The molecule has 1 heterocycles. The molecule has 0 aliphatic carbocycles. The average molecular weight is 170 g/mol. The van der Waals surface area contributed by atoms with E-state index in [2.05, 4.69) is 18.7 Å². The summed E-state index contributed by atoms with van der Waals surface area (Å²) in [6.45, 7) is 9.93. The predicted octanol–water partition coefficient (Wildman–Crippen LogP) is 1.42. The molecule has 0 saturated heterocycles. The quantitative estimate of drug-likeness (QED) is 0.406. The molecular weight excluding hydrogens is 152 g/mol. The summed E-state index contributed by atoms with van der Waals surface area (Å²) >= 11 is 0. The smallest absolute Gasteiger partial charge is 0.224 e. The van der Waals surface area contributed by atoms with Crippen LogP contribution in [0.2, 0.25) is 0 Å². The van der Waals surface area contributed by atoms with Crippen LogP contribution in [0.5, 0.6) is 0 Å². The van der Waals surface area contributed by atoms with Crippen molar-refractivity contribution < 1.29 is 4.74 Å². The lowest BCUT2D eigenvalue weighted by molar-refractivity contribution is -0.556. The third kappa shape index (κ3) is 0.891. The fraction of sp³-hybridized carbons (Fsp3) is 0.889. The van der Waals surface area contributed by atoms with Gasteiger partial charge in [0.25, 0.3) is 0 Å². The van der Waals surface area contributed by atoms with Crippen LogP contribution in [0.3, 0.4) is 0 Å². The molecule has 1 aliphatic heterocycles. The monoisotopic (exact) mass is 170 g/mol. The molecule has 0 atom stereocenters. The Morgan fingerprint density at radius 1 is 1.25 bits per heavy atom. The molecule has 0 aromatic heterocycles. The summed E-state index contributed by atoms with van der Waals surface area (Å²) in [6, 6.07) is 0. The molecule has 3 heteroatoms. The minimum Gasteiger partial charge on any atom is -0.622 e. The zero-order valence-electron chi connectivity index (χ0n) is 8.80. The SMILES string of the molecule is CC1=[N+]([O-])C(C)(C)N(C)C1(C)C. The molecule has 3 nitrogen and oxygen atoms in total. The van der Waals surface area contributed by atoms with Gasteiger partial charge < -0.3 is 5.21 Å². The number of hydroxylamine groups is 1. The minimum atomic E-state index is -0.409. The van der Waals surface area contributed by atoms with Crippen LogP contribution in [-0.2, 0) is 0 Å². The maximum Gasteiger partial charge on any atom is 0.224 e. The van der Waals surface area contributed by atoms with Gasteiger partial charge in [-0.25, -0.2) is 4.90 Å². The zero-order chi connectivity index (χ0) is 9.73. The van der Waals surface area contributed by atoms with E-state index in [-0.39, 0.29) is 5.54 Å². The Balaban J connectivity index is 3.22. The highest BCUT2D eigenvalue weighted by atomic mass is 16.5. The van der Waals surface area contributed by atoms with Crippen molar-refractivity contribution in [3.8, 4) is 0 Å². The number of nitrogens with zero attached hydrogens (tertiary/aromatic N) is 2. The van der Waals surface area contributed by atoms with Gasteiger partial charge in [-0.1, -0.05) is 0 Å². The molecule has 0 spiro atoms. The molecule has 0 aromatic rings. The molecule has 0 saturated carbocycles. The summed E-state index contributed by atoms with van der Waals surface area (Å²) in [5.74, 6) is 0. The van der Waals surface area contributed by atoms with Crippen molar-refractivity contribution in [2.75, 3.05) is 7.05 Å². The third-order valence-electron chi connectivity index (χ3n) is 3.35. The minimum absolute atomic E-state index is 0.120. The Bertz CT molecular complexity index is 217. The van der Waals surface area contributed by atoms with E-state index in [1.54, 1.807) is 0 Å². The van der Waals surface area contributed by atoms with Crippen molar-refractivity contribution in [3.05, 3.63) is 5.21 Å². The summed E-state index contributed by atoms with van der Waals surface area (Å²) in [6.07, 6.45) is 0. The molecule has 1 aliphatic rings. The van der Waals surface area contributed by atoms with E-state index in [1.165, 1.54) is 0 Å². The number of hydrogen-bond acceptors (Lipinski definition) is 2. The van der Waals surface area contributed by atoms with Gasteiger partial charge >= 0.3 is 0 Å². The summed E-state index contributed by atoms with van der Waals surface area (Å²) in [4.78, 5) is 2.10. The molecule has 12 heavy (non-hydrogen) atoms. The van der Waals surface area contributed by atoms with Crippen LogP contribution in [0.25, 0.3) is 0 Å². The van der Waals surface area contributed by atoms with Crippen LogP contribution in [0.1, 0.15) is 34.6 Å². The van der Waals surface area contributed by atoms with E-state index in [4.69, 9.17) is 0 Å². The third-order valence-corrected chi connectivity index (χ3v) is 3.35. The van der Waals surface area contributed by atoms with Crippen LogP contribution in [0, 0.1) is 5.21 Å². The second-order valence-electron chi connectivity index (χ2n) is 4.49. The Morgan fingerprint density at radius 2 is 1.67 bits per heavy atom. The lowest BCUT2D eigenvalue weighted by atomic mass is 9.98. The summed E-state index contributed by atoms with van der Waals surface area (Å²) in [5, 5.41) is 11.7. The van der Waals surface area contributed by atoms with Crippen LogP contribution in [0.4, 0.5) is 0 Å². The number of hydrogen-bond donors (Lipinski definition) is 0. The second-order valence-corrected chi connectivity index (χ2v) is 4.49. The largest absolute Gasteiger partial charge is 0.622 e. The molecule has 0 radical (unpaired) electrons. The van der Waals surface area contributed by atoms with Gasteiger partial charge in [0, 0.05) is 20.8 Å². The van der Waals surface area contributed by atoms with E-state index in [0.29, 0.717) is 0 Å².